The van der Waals surface area contributed by atoms with E-state index in [0.29, 0.717) is 6.08 Å². The van der Waals surface area contributed by atoms with E-state index in [0.717, 1.165) is 12.1 Å². The van der Waals surface area contributed by atoms with Crippen LogP contribution in [0.4, 0.5) is 13.2 Å². The highest BCUT2D eigenvalue weighted by atomic mass is 35.5. The number of aliphatic carboxylic acids is 1. The summed E-state index contributed by atoms with van der Waals surface area (Å²) in [6, 6.07) is 7.01. The summed E-state index contributed by atoms with van der Waals surface area (Å²) in [5, 5.41) is 10.7. The van der Waals surface area contributed by atoms with E-state index in [1.165, 1.54) is 31.2 Å². The van der Waals surface area contributed by atoms with Crippen LogP contribution in [0.15, 0.2) is 42.5 Å². The molecular weight excluding hydrogens is 446 g/mol. The van der Waals surface area contributed by atoms with E-state index in [-0.39, 0.29) is 32.3 Å². The summed E-state index contributed by atoms with van der Waals surface area (Å²) in [6.07, 6.45) is -4.42. The van der Waals surface area contributed by atoms with Crippen molar-refractivity contribution in [2.45, 2.75) is 13.1 Å². The number of carbonyl (C=O) groups excluding carboxylic acids is 2. The summed E-state index contributed by atoms with van der Waals surface area (Å²) in [5.74, 6) is -2.87. The fraction of sp³-hybridized carbons (Fsp3) is 0.150. The first-order valence-electron chi connectivity index (χ1n) is 8.29. The average molecular weight is 460 g/mol. The fourth-order valence-corrected chi connectivity index (χ4v) is 3.10. The molecule has 0 saturated heterocycles. The summed E-state index contributed by atoms with van der Waals surface area (Å²) < 4.78 is 40.6. The molecular formula is C20H14Cl2F3NO4. The fourth-order valence-electron chi connectivity index (χ4n) is 2.58. The third kappa shape index (κ3) is 6.08. The number of aryl methyl sites for hydroxylation is 1. The standard InChI is InChI=1S/C20H14Cl2F3NO4/c1-10-4-11(2-3-15(10)19(30)26-9-18(28)29)17(27)8-16(20(23,24)25)12-5-13(21)7-14(22)6-12/h2-8H,9H2,1H3,(H,26,30)(H,28,29)/b16-8+. The Balaban J connectivity index is 2.39. The van der Waals surface area contributed by atoms with Crippen molar-refractivity contribution < 1.29 is 32.7 Å². The van der Waals surface area contributed by atoms with Gasteiger partial charge in [-0.1, -0.05) is 29.3 Å². The molecule has 30 heavy (non-hydrogen) atoms. The maximum absolute atomic E-state index is 13.5. The van der Waals surface area contributed by atoms with Gasteiger partial charge in [0, 0.05) is 21.2 Å². The van der Waals surface area contributed by atoms with Gasteiger partial charge in [-0.3, -0.25) is 14.4 Å². The molecule has 0 aliphatic carbocycles. The quantitative estimate of drug-likeness (QED) is 0.473. The minimum absolute atomic E-state index is 0.0207. The van der Waals surface area contributed by atoms with Crippen LogP contribution in [0, 0.1) is 6.92 Å². The maximum Gasteiger partial charge on any atom is 0.417 e. The molecule has 0 atom stereocenters. The molecule has 2 aromatic rings. The topological polar surface area (TPSA) is 83.5 Å². The van der Waals surface area contributed by atoms with Crippen LogP contribution in [-0.2, 0) is 4.79 Å². The van der Waals surface area contributed by atoms with E-state index in [1.807, 2.05) is 0 Å². The molecule has 2 N–H and O–H groups in total. The lowest BCUT2D eigenvalue weighted by atomic mass is 9.98. The molecule has 1 amide bonds. The first-order valence-corrected chi connectivity index (χ1v) is 9.04. The van der Waals surface area contributed by atoms with Crippen LogP contribution in [0.5, 0.6) is 0 Å². The second-order valence-electron chi connectivity index (χ2n) is 6.18. The molecule has 10 heteroatoms. The molecule has 0 heterocycles. The number of hydrogen-bond acceptors (Lipinski definition) is 3. The van der Waals surface area contributed by atoms with Gasteiger partial charge in [-0.15, -0.1) is 0 Å². The minimum Gasteiger partial charge on any atom is -0.480 e. The van der Waals surface area contributed by atoms with Crippen LogP contribution in [-0.4, -0.2) is 35.5 Å². The number of carbonyl (C=O) groups is 3. The lowest BCUT2D eigenvalue weighted by molar-refractivity contribution is -0.135. The van der Waals surface area contributed by atoms with Crippen molar-refractivity contribution in [1.29, 1.82) is 0 Å². The number of carboxylic acids is 1. The maximum atomic E-state index is 13.5. The average Bonchev–Trinajstić information content (AvgIpc) is 2.62. The molecule has 158 valence electrons. The molecule has 2 aromatic carbocycles. The zero-order valence-corrected chi connectivity index (χ0v) is 16.8. The second kappa shape index (κ2) is 9.32. The van der Waals surface area contributed by atoms with Gasteiger partial charge in [-0.2, -0.15) is 13.2 Å². The first-order chi connectivity index (χ1) is 13.9. The molecule has 0 aliphatic rings. The summed E-state index contributed by atoms with van der Waals surface area (Å²) in [7, 11) is 0. The monoisotopic (exact) mass is 459 g/mol. The zero-order valence-electron chi connectivity index (χ0n) is 15.3. The van der Waals surface area contributed by atoms with Gasteiger partial charge in [0.1, 0.15) is 6.54 Å². The Kier molecular flexibility index (Phi) is 7.28. The third-order valence-electron chi connectivity index (χ3n) is 3.91. The van der Waals surface area contributed by atoms with Gasteiger partial charge in [-0.05, 0) is 54.5 Å². The number of carboxylic acid groups (broad SMARTS) is 1. The summed E-state index contributed by atoms with van der Waals surface area (Å²) in [6.45, 7) is 0.871. The highest BCUT2D eigenvalue weighted by Crippen LogP contribution is 2.36. The van der Waals surface area contributed by atoms with Gasteiger partial charge in [0.05, 0.1) is 5.57 Å². The van der Waals surface area contributed by atoms with E-state index < -0.39 is 36.0 Å². The van der Waals surface area contributed by atoms with Crippen molar-refractivity contribution in [1.82, 2.24) is 5.32 Å². The van der Waals surface area contributed by atoms with Crippen molar-refractivity contribution in [3.8, 4) is 0 Å². The van der Waals surface area contributed by atoms with Crippen LogP contribution < -0.4 is 5.32 Å². The Labute approximate surface area is 179 Å². The van der Waals surface area contributed by atoms with Crippen molar-refractivity contribution in [3.63, 3.8) is 0 Å². The number of halogens is 5. The van der Waals surface area contributed by atoms with Crippen molar-refractivity contribution in [2.24, 2.45) is 0 Å². The molecule has 0 radical (unpaired) electrons. The van der Waals surface area contributed by atoms with E-state index in [1.54, 1.807) is 0 Å². The Morgan fingerprint density at radius 2 is 1.63 bits per heavy atom. The van der Waals surface area contributed by atoms with Gasteiger partial charge < -0.3 is 10.4 Å². The Hall–Kier alpha value is -2.84. The van der Waals surface area contributed by atoms with Gasteiger partial charge in [0.15, 0.2) is 5.78 Å². The largest absolute Gasteiger partial charge is 0.480 e. The summed E-state index contributed by atoms with van der Waals surface area (Å²) in [5.41, 5.74) is -1.30. The van der Waals surface area contributed by atoms with E-state index in [9.17, 15) is 27.6 Å². The van der Waals surface area contributed by atoms with Gasteiger partial charge >= 0.3 is 12.1 Å². The van der Waals surface area contributed by atoms with Gasteiger partial charge in [-0.25, -0.2) is 0 Å². The zero-order chi connectivity index (χ0) is 22.6. The molecule has 0 saturated carbocycles. The number of ketones is 1. The molecule has 0 spiro atoms. The number of amides is 1. The first kappa shape index (κ1) is 23.4. The predicted molar refractivity (Wildman–Crippen MR) is 106 cm³/mol. The highest BCUT2D eigenvalue weighted by molar-refractivity contribution is 6.35. The number of allylic oxidation sites excluding steroid dienone is 2. The molecule has 5 nitrogen and oxygen atoms in total. The van der Waals surface area contributed by atoms with Crippen LogP contribution in [0.2, 0.25) is 10.0 Å². The van der Waals surface area contributed by atoms with Crippen LogP contribution >= 0.6 is 23.2 Å². The number of alkyl halides is 3. The molecule has 0 fully saturated rings. The molecule has 0 bridgehead atoms. The number of benzene rings is 2. The highest BCUT2D eigenvalue weighted by Gasteiger charge is 2.35. The number of hydrogen-bond donors (Lipinski definition) is 2. The molecule has 0 aromatic heterocycles. The molecule has 0 aliphatic heterocycles. The van der Waals surface area contributed by atoms with E-state index in [4.69, 9.17) is 28.3 Å². The van der Waals surface area contributed by atoms with E-state index >= 15 is 0 Å². The Bertz CT molecular complexity index is 1030. The van der Waals surface area contributed by atoms with Gasteiger partial charge in [0.25, 0.3) is 5.91 Å². The lowest BCUT2D eigenvalue weighted by Crippen LogP contribution is -2.29. The van der Waals surface area contributed by atoms with Crippen molar-refractivity contribution >= 4 is 46.4 Å². The SMILES string of the molecule is Cc1cc(C(=O)/C=C(\c2cc(Cl)cc(Cl)c2)C(F)(F)F)ccc1C(=O)NCC(=O)O. The Morgan fingerprint density at radius 3 is 2.13 bits per heavy atom. The Morgan fingerprint density at radius 1 is 1.03 bits per heavy atom. The van der Waals surface area contributed by atoms with Crippen LogP contribution in [0.25, 0.3) is 5.57 Å². The summed E-state index contributed by atoms with van der Waals surface area (Å²) >= 11 is 11.5. The van der Waals surface area contributed by atoms with Gasteiger partial charge in [0.2, 0.25) is 0 Å². The van der Waals surface area contributed by atoms with Crippen molar-refractivity contribution in [3.05, 3.63) is 74.8 Å². The number of nitrogens with one attached hydrogen (secondary N) is 1. The third-order valence-corrected chi connectivity index (χ3v) is 4.35. The second-order valence-corrected chi connectivity index (χ2v) is 7.06. The minimum atomic E-state index is -4.85. The molecule has 0 unspecified atom stereocenters. The lowest BCUT2D eigenvalue weighted by Gasteiger charge is -2.13. The molecule has 2 rings (SSSR count). The normalized spacial score (nSPS) is 11.9. The van der Waals surface area contributed by atoms with Crippen LogP contribution in [0.1, 0.15) is 31.8 Å². The predicted octanol–water partition coefficient (Wildman–Crippen LogP) is 4.94. The van der Waals surface area contributed by atoms with Crippen molar-refractivity contribution in [2.75, 3.05) is 6.54 Å². The smallest absolute Gasteiger partial charge is 0.417 e. The van der Waals surface area contributed by atoms with E-state index in [2.05, 4.69) is 5.32 Å². The summed E-state index contributed by atoms with van der Waals surface area (Å²) in [4.78, 5) is 35.0. The van der Waals surface area contributed by atoms with Crippen LogP contribution in [0.3, 0.4) is 0 Å². The number of rotatable bonds is 6.